The molecule has 0 saturated carbocycles. The molecule has 1 N–H and O–H groups in total. The summed E-state index contributed by atoms with van der Waals surface area (Å²) in [6, 6.07) is 0.695. The molecule has 0 aromatic carbocycles. The molecule has 0 radical (unpaired) electrons. The van der Waals surface area contributed by atoms with Crippen LogP contribution in [0, 0.1) is 17.3 Å². The van der Waals surface area contributed by atoms with E-state index in [1.165, 1.54) is 26.1 Å². The van der Waals surface area contributed by atoms with Gasteiger partial charge in [0.2, 0.25) is 0 Å². The molecule has 0 aromatic rings. The van der Waals surface area contributed by atoms with Crippen molar-refractivity contribution in [2.75, 3.05) is 26.2 Å². The first-order valence-electron chi connectivity index (χ1n) is 7.30. The van der Waals surface area contributed by atoms with Crippen molar-refractivity contribution in [3.63, 3.8) is 0 Å². The van der Waals surface area contributed by atoms with Gasteiger partial charge in [-0.15, -0.1) is 0 Å². The number of rotatable bonds is 4. The van der Waals surface area contributed by atoms with Gasteiger partial charge in [-0.25, -0.2) is 0 Å². The molecule has 0 bridgehead atoms. The minimum absolute atomic E-state index is 0.427. The fourth-order valence-electron chi connectivity index (χ4n) is 2.33. The average Bonchev–Trinajstić information content (AvgIpc) is 2.27. The van der Waals surface area contributed by atoms with E-state index in [4.69, 9.17) is 0 Å². The maximum Gasteiger partial charge on any atom is 0.0221 e. The summed E-state index contributed by atoms with van der Waals surface area (Å²) in [7, 11) is 0. The lowest BCUT2D eigenvalue weighted by atomic mass is 9.81. The van der Waals surface area contributed by atoms with Crippen LogP contribution >= 0.6 is 0 Å². The Labute approximate surface area is 108 Å². The summed E-state index contributed by atoms with van der Waals surface area (Å²) >= 11 is 0. The second-order valence-corrected chi connectivity index (χ2v) is 6.97. The summed E-state index contributed by atoms with van der Waals surface area (Å²) in [4.78, 5) is 2.66. The zero-order valence-electron chi connectivity index (χ0n) is 12.7. The van der Waals surface area contributed by atoms with Crippen LogP contribution in [0.4, 0.5) is 0 Å². The van der Waals surface area contributed by atoms with Crippen molar-refractivity contribution in [1.29, 1.82) is 0 Å². The lowest BCUT2D eigenvalue weighted by Gasteiger charge is -2.40. The van der Waals surface area contributed by atoms with Crippen molar-refractivity contribution < 1.29 is 0 Å². The maximum absolute atomic E-state index is 3.67. The Balaban J connectivity index is 2.45. The van der Waals surface area contributed by atoms with E-state index in [2.05, 4.69) is 51.8 Å². The first kappa shape index (κ1) is 15.0. The Morgan fingerprint density at radius 2 is 1.94 bits per heavy atom. The average molecular weight is 240 g/mol. The third kappa shape index (κ3) is 4.59. The minimum atomic E-state index is 0.427. The van der Waals surface area contributed by atoms with Crippen LogP contribution in [0.5, 0.6) is 0 Å². The topological polar surface area (TPSA) is 15.3 Å². The number of nitrogens with zero attached hydrogens (tertiary/aromatic N) is 1. The predicted octanol–water partition coefficient (Wildman–Crippen LogP) is 2.99. The third-order valence-electron chi connectivity index (χ3n) is 4.63. The molecule has 1 aliphatic heterocycles. The lowest BCUT2D eigenvalue weighted by Crippen LogP contribution is -2.54. The van der Waals surface area contributed by atoms with E-state index in [1.807, 2.05) is 0 Å². The molecule has 0 spiro atoms. The summed E-state index contributed by atoms with van der Waals surface area (Å²) in [6.07, 6.45) is 1.28. The van der Waals surface area contributed by atoms with Crippen LogP contribution in [0.3, 0.4) is 0 Å². The highest BCUT2D eigenvalue weighted by molar-refractivity contribution is 4.84. The molecule has 1 saturated heterocycles. The molecule has 0 aromatic heterocycles. The van der Waals surface area contributed by atoms with E-state index >= 15 is 0 Å². The monoisotopic (exact) mass is 240 g/mol. The molecule has 1 rings (SSSR count). The maximum atomic E-state index is 3.67. The summed E-state index contributed by atoms with van der Waals surface area (Å²) in [5.74, 6) is 1.56. The largest absolute Gasteiger partial charge is 0.311 e. The van der Waals surface area contributed by atoms with Gasteiger partial charge in [-0.05, 0) is 17.3 Å². The molecule has 1 aliphatic rings. The Hall–Kier alpha value is -0.0800. The Morgan fingerprint density at radius 3 is 2.47 bits per heavy atom. The first-order valence-corrected chi connectivity index (χ1v) is 7.30. The van der Waals surface area contributed by atoms with Gasteiger partial charge < -0.3 is 10.2 Å². The van der Waals surface area contributed by atoms with Gasteiger partial charge in [0, 0.05) is 32.2 Å². The smallest absolute Gasteiger partial charge is 0.0221 e. The van der Waals surface area contributed by atoms with Crippen LogP contribution in [0.1, 0.15) is 48.0 Å². The van der Waals surface area contributed by atoms with Crippen molar-refractivity contribution >= 4 is 0 Å². The molecular formula is C15H32N2. The Kier molecular flexibility index (Phi) is 5.46. The van der Waals surface area contributed by atoms with E-state index in [0.29, 0.717) is 11.5 Å². The van der Waals surface area contributed by atoms with E-state index in [9.17, 15) is 0 Å². The van der Waals surface area contributed by atoms with Crippen molar-refractivity contribution in [1.82, 2.24) is 10.2 Å². The molecular weight excluding hydrogens is 208 g/mol. The fraction of sp³-hybridized carbons (Fsp3) is 1.00. The van der Waals surface area contributed by atoms with Crippen LogP contribution in [-0.4, -0.2) is 37.1 Å². The van der Waals surface area contributed by atoms with Crippen LogP contribution in [-0.2, 0) is 0 Å². The summed E-state index contributed by atoms with van der Waals surface area (Å²) in [6.45, 7) is 19.0. The molecule has 17 heavy (non-hydrogen) atoms. The van der Waals surface area contributed by atoms with Crippen LogP contribution in [0.25, 0.3) is 0 Å². The fourth-order valence-corrected chi connectivity index (χ4v) is 2.33. The minimum Gasteiger partial charge on any atom is -0.311 e. The lowest BCUT2D eigenvalue weighted by molar-refractivity contribution is 0.116. The molecule has 102 valence electrons. The SMILES string of the molecule is CCC(C)C1CN(CC(C)C(C)(C)C)CCN1. The predicted molar refractivity (Wildman–Crippen MR) is 76.3 cm³/mol. The van der Waals surface area contributed by atoms with Crippen molar-refractivity contribution in [2.24, 2.45) is 17.3 Å². The first-order chi connectivity index (χ1) is 7.84. The van der Waals surface area contributed by atoms with Gasteiger partial charge in [0.1, 0.15) is 0 Å². The second-order valence-electron chi connectivity index (χ2n) is 6.97. The highest BCUT2D eigenvalue weighted by Gasteiger charge is 2.27. The van der Waals surface area contributed by atoms with Crippen LogP contribution in [0.2, 0.25) is 0 Å². The molecule has 3 unspecified atom stereocenters. The van der Waals surface area contributed by atoms with Crippen LogP contribution in [0.15, 0.2) is 0 Å². The standard InChI is InChI=1S/C15H32N2/c1-7-12(2)14-11-17(9-8-16-14)10-13(3)15(4,5)6/h12-14,16H,7-11H2,1-6H3. The van der Waals surface area contributed by atoms with Gasteiger partial charge in [-0.1, -0.05) is 48.0 Å². The van der Waals surface area contributed by atoms with Gasteiger partial charge in [0.05, 0.1) is 0 Å². The van der Waals surface area contributed by atoms with Crippen molar-refractivity contribution in [3.05, 3.63) is 0 Å². The summed E-state index contributed by atoms with van der Waals surface area (Å²) in [5.41, 5.74) is 0.427. The molecule has 1 fully saturated rings. The number of hydrogen-bond acceptors (Lipinski definition) is 2. The van der Waals surface area contributed by atoms with Crippen molar-refractivity contribution in [3.8, 4) is 0 Å². The van der Waals surface area contributed by atoms with Gasteiger partial charge in [-0.2, -0.15) is 0 Å². The van der Waals surface area contributed by atoms with E-state index in [-0.39, 0.29) is 0 Å². The number of hydrogen-bond donors (Lipinski definition) is 1. The van der Waals surface area contributed by atoms with E-state index < -0.39 is 0 Å². The molecule has 3 atom stereocenters. The summed E-state index contributed by atoms with van der Waals surface area (Å²) < 4.78 is 0. The molecule has 1 heterocycles. The van der Waals surface area contributed by atoms with Gasteiger partial charge in [0.25, 0.3) is 0 Å². The van der Waals surface area contributed by atoms with E-state index in [0.717, 1.165) is 18.4 Å². The van der Waals surface area contributed by atoms with Gasteiger partial charge in [0.15, 0.2) is 0 Å². The second kappa shape index (κ2) is 6.19. The molecule has 0 aliphatic carbocycles. The zero-order chi connectivity index (χ0) is 13.1. The van der Waals surface area contributed by atoms with Crippen molar-refractivity contribution in [2.45, 2.75) is 54.0 Å². The van der Waals surface area contributed by atoms with Gasteiger partial charge in [-0.3, -0.25) is 0 Å². The van der Waals surface area contributed by atoms with E-state index in [1.54, 1.807) is 0 Å². The zero-order valence-corrected chi connectivity index (χ0v) is 12.7. The number of piperazine rings is 1. The van der Waals surface area contributed by atoms with Crippen LogP contribution < -0.4 is 5.32 Å². The highest BCUT2D eigenvalue weighted by atomic mass is 15.2. The third-order valence-corrected chi connectivity index (χ3v) is 4.63. The summed E-state index contributed by atoms with van der Waals surface area (Å²) in [5, 5.41) is 3.67. The molecule has 2 heteroatoms. The normalized spacial score (nSPS) is 26.8. The molecule has 2 nitrogen and oxygen atoms in total. The quantitative estimate of drug-likeness (QED) is 0.812. The number of nitrogens with one attached hydrogen (secondary N) is 1. The Morgan fingerprint density at radius 1 is 1.29 bits per heavy atom. The Bertz CT molecular complexity index is 219. The van der Waals surface area contributed by atoms with Gasteiger partial charge >= 0.3 is 0 Å². The molecule has 0 amide bonds. The highest BCUT2D eigenvalue weighted by Crippen LogP contribution is 2.26.